The lowest BCUT2D eigenvalue weighted by Crippen LogP contribution is -2.06. The molecule has 2 rings (SSSR count). The molecule has 0 bridgehead atoms. The Bertz CT molecular complexity index is 580. The molecule has 0 saturated carbocycles. The number of hydrogen-bond donors (Lipinski definition) is 0. The second-order valence-corrected chi connectivity index (χ2v) is 4.46. The average molecular weight is 246 g/mol. The predicted octanol–water partition coefficient (Wildman–Crippen LogP) is 1.87. The fourth-order valence-corrected chi connectivity index (χ4v) is 2.13. The van der Waals surface area contributed by atoms with Crippen LogP contribution in [0.15, 0.2) is 12.3 Å². The molecule has 96 valence electrons. The summed E-state index contributed by atoms with van der Waals surface area (Å²) in [5.41, 5.74) is 3.42. The number of aromatic nitrogens is 4. The van der Waals surface area contributed by atoms with Crippen LogP contribution >= 0.6 is 0 Å². The number of hydrogen-bond acceptors (Lipinski definition) is 3. The van der Waals surface area contributed by atoms with Crippen LogP contribution in [0.25, 0.3) is 0 Å². The molecule has 2 aromatic rings. The Hall–Kier alpha value is -1.91. The molecule has 0 amide bonds. The van der Waals surface area contributed by atoms with Crippen molar-refractivity contribution in [3.05, 3.63) is 34.9 Å². The van der Waals surface area contributed by atoms with E-state index in [9.17, 15) is 4.79 Å². The van der Waals surface area contributed by atoms with Crippen LogP contribution in [-0.2, 0) is 13.6 Å². The lowest BCUT2D eigenvalue weighted by Gasteiger charge is -2.02. The standard InChI is InChI=1S/C13H18N4O/c1-5-12(18)13-9(2)14-17(10(13)3)8-11-6-7-16(4)15-11/h6-7H,5,8H2,1-4H3. The summed E-state index contributed by atoms with van der Waals surface area (Å²) in [4.78, 5) is 11.9. The third-order valence-corrected chi connectivity index (χ3v) is 3.06. The normalized spacial score (nSPS) is 10.9. The molecule has 0 aliphatic heterocycles. The highest BCUT2D eigenvalue weighted by atomic mass is 16.1. The molecule has 5 heteroatoms. The molecule has 18 heavy (non-hydrogen) atoms. The molecule has 0 saturated heterocycles. The Kier molecular flexibility index (Phi) is 3.32. The highest BCUT2D eigenvalue weighted by Gasteiger charge is 2.17. The van der Waals surface area contributed by atoms with Gasteiger partial charge in [-0.3, -0.25) is 14.2 Å². The predicted molar refractivity (Wildman–Crippen MR) is 68.6 cm³/mol. The van der Waals surface area contributed by atoms with Gasteiger partial charge in [0.2, 0.25) is 0 Å². The Morgan fingerprint density at radius 3 is 2.61 bits per heavy atom. The molecular weight excluding hydrogens is 228 g/mol. The summed E-state index contributed by atoms with van der Waals surface area (Å²) < 4.78 is 3.61. The second-order valence-electron chi connectivity index (χ2n) is 4.46. The first kappa shape index (κ1) is 12.5. The third-order valence-electron chi connectivity index (χ3n) is 3.06. The van der Waals surface area contributed by atoms with Gasteiger partial charge < -0.3 is 0 Å². The molecular formula is C13H18N4O. The van der Waals surface area contributed by atoms with Gasteiger partial charge in [-0.15, -0.1) is 0 Å². The zero-order valence-electron chi connectivity index (χ0n) is 11.3. The summed E-state index contributed by atoms with van der Waals surface area (Å²) in [7, 11) is 1.89. The summed E-state index contributed by atoms with van der Waals surface area (Å²) in [6.07, 6.45) is 2.41. The molecule has 0 spiro atoms. The van der Waals surface area contributed by atoms with Gasteiger partial charge in [-0.05, 0) is 19.9 Å². The molecule has 2 aromatic heterocycles. The zero-order chi connectivity index (χ0) is 13.3. The molecule has 2 heterocycles. The topological polar surface area (TPSA) is 52.7 Å². The van der Waals surface area contributed by atoms with Gasteiger partial charge in [0, 0.05) is 25.4 Å². The monoisotopic (exact) mass is 246 g/mol. The third kappa shape index (κ3) is 2.20. The first-order chi connectivity index (χ1) is 8.52. The van der Waals surface area contributed by atoms with E-state index in [-0.39, 0.29) is 5.78 Å². The van der Waals surface area contributed by atoms with E-state index in [1.54, 1.807) is 4.68 Å². The van der Waals surface area contributed by atoms with E-state index in [1.807, 2.05) is 44.8 Å². The second kappa shape index (κ2) is 4.76. The molecule has 0 radical (unpaired) electrons. The van der Waals surface area contributed by atoms with Crippen LogP contribution in [0.3, 0.4) is 0 Å². The molecule has 0 aliphatic rings. The van der Waals surface area contributed by atoms with Gasteiger partial charge in [-0.2, -0.15) is 10.2 Å². The zero-order valence-corrected chi connectivity index (χ0v) is 11.3. The van der Waals surface area contributed by atoms with Gasteiger partial charge >= 0.3 is 0 Å². The van der Waals surface area contributed by atoms with Crippen molar-refractivity contribution in [2.24, 2.45) is 7.05 Å². The Balaban J connectivity index is 2.32. The van der Waals surface area contributed by atoms with Gasteiger partial charge in [-0.25, -0.2) is 0 Å². The molecule has 0 unspecified atom stereocenters. The van der Waals surface area contributed by atoms with Crippen LogP contribution in [0.4, 0.5) is 0 Å². The number of rotatable bonds is 4. The van der Waals surface area contributed by atoms with E-state index in [0.717, 1.165) is 22.6 Å². The fraction of sp³-hybridized carbons (Fsp3) is 0.462. The summed E-state index contributed by atoms with van der Waals surface area (Å²) in [5, 5.41) is 8.75. The summed E-state index contributed by atoms with van der Waals surface area (Å²) in [6.45, 7) is 6.29. The minimum absolute atomic E-state index is 0.150. The molecule has 0 aliphatic carbocycles. The van der Waals surface area contributed by atoms with E-state index >= 15 is 0 Å². The van der Waals surface area contributed by atoms with Crippen molar-refractivity contribution in [2.75, 3.05) is 0 Å². The first-order valence-corrected chi connectivity index (χ1v) is 6.08. The lowest BCUT2D eigenvalue weighted by molar-refractivity contribution is 0.0987. The number of ketones is 1. The Labute approximate surface area is 106 Å². The van der Waals surface area contributed by atoms with E-state index in [1.165, 1.54) is 0 Å². The smallest absolute Gasteiger partial charge is 0.166 e. The molecule has 0 aromatic carbocycles. The van der Waals surface area contributed by atoms with Gasteiger partial charge in [0.05, 0.1) is 23.5 Å². The fourth-order valence-electron chi connectivity index (χ4n) is 2.13. The van der Waals surface area contributed by atoms with Gasteiger partial charge in [0.25, 0.3) is 0 Å². The minimum atomic E-state index is 0.150. The summed E-state index contributed by atoms with van der Waals surface area (Å²) in [5.74, 6) is 0.150. The Morgan fingerprint density at radius 1 is 1.33 bits per heavy atom. The number of carbonyl (C=O) groups is 1. The highest BCUT2D eigenvalue weighted by molar-refractivity contribution is 5.97. The van der Waals surface area contributed by atoms with E-state index in [2.05, 4.69) is 10.2 Å². The number of aryl methyl sites for hydroxylation is 2. The van der Waals surface area contributed by atoms with Gasteiger partial charge in [0.1, 0.15) is 0 Å². The van der Waals surface area contributed by atoms with Gasteiger partial charge in [0.15, 0.2) is 5.78 Å². The highest BCUT2D eigenvalue weighted by Crippen LogP contribution is 2.16. The van der Waals surface area contributed by atoms with Crippen LogP contribution in [0, 0.1) is 13.8 Å². The summed E-state index contributed by atoms with van der Waals surface area (Å²) >= 11 is 0. The molecule has 5 nitrogen and oxygen atoms in total. The number of Topliss-reactive ketones (excluding diaryl/α,β-unsaturated/α-hetero) is 1. The van der Waals surface area contributed by atoms with Crippen LogP contribution in [0.2, 0.25) is 0 Å². The number of carbonyl (C=O) groups excluding carboxylic acids is 1. The maximum Gasteiger partial charge on any atom is 0.166 e. The first-order valence-electron chi connectivity index (χ1n) is 6.08. The SMILES string of the molecule is CCC(=O)c1c(C)nn(Cc2ccn(C)n2)c1C. The van der Waals surface area contributed by atoms with Crippen LogP contribution in [0.1, 0.15) is 40.8 Å². The van der Waals surface area contributed by atoms with Gasteiger partial charge in [-0.1, -0.05) is 6.92 Å². The van der Waals surface area contributed by atoms with Crippen LogP contribution < -0.4 is 0 Å². The molecule has 0 N–H and O–H groups in total. The van der Waals surface area contributed by atoms with Crippen molar-refractivity contribution in [2.45, 2.75) is 33.7 Å². The van der Waals surface area contributed by atoms with Crippen molar-refractivity contribution < 1.29 is 4.79 Å². The molecule has 0 atom stereocenters. The van der Waals surface area contributed by atoms with Crippen LogP contribution in [0.5, 0.6) is 0 Å². The lowest BCUT2D eigenvalue weighted by atomic mass is 10.1. The van der Waals surface area contributed by atoms with Crippen molar-refractivity contribution >= 4 is 5.78 Å². The minimum Gasteiger partial charge on any atom is -0.294 e. The largest absolute Gasteiger partial charge is 0.294 e. The molecule has 0 fully saturated rings. The summed E-state index contributed by atoms with van der Waals surface area (Å²) in [6, 6.07) is 1.96. The maximum atomic E-state index is 11.9. The van der Waals surface area contributed by atoms with E-state index < -0.39 is 0 Å². The van der Waals surface area contributed by atoms with E-state index in [0.29, 0.717) is 13.0 Å². The maximum absolute atomic E-state index is 11.9. The van der Waals surface area contributed by atoms with Crippen molar-refractivity contribution in [1.29, 1.82) is 0 Å². The number of nitrogens with zero attached hydrogens (tertiary/aromatic N) is 4. The Morgan fingerprint density at radius 2 is 2.06 bits per heavy atom. The quantitative estimate of drug-likeness (QED) is 0.774. The van der Waals surface area contributed by atoms with E-state index in [4.69, 9.17) is 0 Å². The average Bonchev–Trinajstić information content (AvgIpc) is 2.84. The van der Waals surface area contributed by atoms with Crippen molar-refractivity contribution in [1.82, 2.24) is 19.6 Å². The van der Waals surface area contributed by atoms with Crippen molar-refractivity contribution in [3.63, 3.8) is 0 Å². The van der Waals surface area contributed by atoms with Crippen LogP contribution in [-0.4, -0.2) is 25.3 Å². The van der Waals surface area contributed by atoms with Crippen molar-refractivity contribution in [3.8, 4) is 0 Å².